The van der Waals surface area contributed by atoms with Crippen LogP contribution in [0.2, 0.25) is 0 Å². The van der Waals surface area contributed by atoms with Gasteiger partial charge in [-0.1, -0.05) is 61.5 Å². The number of hydrogen-bond donors (Lipinski definition) is 0. The highest BCUT2D eigenvalue weighted by Crippen LogP contribution is 2.20. The molecule has 29 heavy (non-hydrogen) atoms. The number of benzene rings is 2. The fraction of sp³-hybridized carbons (Fsp3) is 0.292. The fourth-order valence-electron chi connectivity index (χ4n) is 3.90. The number of pyridine rings is 1. The van der Waals surface area contributed by atoms with Gasteiger partial charge in [0.1, 0.15) is 5.69 Å². The normalized spacial score (nSPS) is 17.4. The molecule has 0 aliphatic carbocycles. The summed E-state index contributed by atoms with van der Waals surface area (Å²) < 4.78 is 0. The number of para-hydroxylation sites is 1. The van der Waals surface area contributed by atoms with Gasteiger partial charge in [0.2, 0.25) is 5.91 Å². The van der Waals surface area contributed by atoms with Crippen molar-refractivity contribution in [2.45, 2.75) is 32.4 Å². The number of carbonyl (C=O) groups excluding carboxylic acids is 2. The summed E-state index contributed by atoms with van der Waals surface area (Å²) in [7, 11) is 0. The van der Waals surface area contributed by atoms with Crippen LogP contribution < -0.4 is 0 Å². The summed E-state index contributed by atoms with van der Waals surface area (Å²) in [5, 5.41) is 1.01. The van der Waals surface area contributed by atoms with Gasteiger partial charge in [0.05, 0.1) is 5.52 Å². The minimum Gasteiger partial charge on any atom is -0.335 e. The highest BCUT2D eigenvalue weighted by molar-refractivity contribution is 5.95. The lowest BCUT2D eigenvalue weighted by Gasteiger charge is -2.31. The van der Waals surface area contributed by atoms with Gasteiger partial charge in [-0.15, -0.1) is 0 Å². The molecule has 0 N–H and O–H groups in total. The molecule has 148 valence electrons. The molecule has 1 atom stereocenters. The second-order valence-electron chi connectivity index (χ2n) is 7.46. The lowest BCUT2D eigenvalue weighted by molar-refractivity contribution is -0.133. The Bertz CT molecular complexity index is 1020. The van der Waals surface area contributed by atoms with E-state index in [9.17, 15) is 9.59 Å². The Labute approximate surface area is 171 Å². The van der Waals surface area contributed by atoms with Gasteiger partial charge in [-0.2, -0.15) is 0 Å². The summed E-state index contributed by atoms with van der Waals surface area (Å²) in [5.74, 6) is -0.00830. The van der Waals surface area contributed by atoms with E-state index >= 15 is 0 Å². The third kappa shape index (κ3) is 4.14. The maximum Gasteiger partial charge on any atom is 0.272 e. The average Bonchev–Trinajstić information content (AvgIpc) is 2.92. The second kappa shape index (κ2) is 8.43. The maximum atomic E-state index is 13.2. The summed E-state index contributed by atoms with van der Waals surface area (Å²) in [6.45, 7) is 3.60. The van der Waals surface area contributed by atoms with Crippen LogP contribution in [0.15, 0.2) is 66.7 Å². The number of fused-ring (bicyclic) bond motifs is 1. The Morgan fingerprint density at radius 2 is 1.79 bits per heavy atom. The van der Waals surface area contributed by atoms with Crippen LogP contribution in [0.25, 0.3) is 10.9 Å². The monoisotopic (exact) mass is 387 g/mol. The summed E-state index contributed by atoms with van der Waals surface area (Å²) in [6, 6.07) is 21.5. The first-order chi connectivity index (χ1) is 14.2. The second-order valence-corrected chi connectivity index (χ2v) is 7.46. The highest BCUT2D eigenvalue weighted by atomic mass is 16.2. The van der Waals surface area contributed by atoms with Gasteiger partial charge in [-0.3, -0.25) is 9.59 Å². The molecule has 5 nitrogen and oxygen atoms in total. The standard InChI is InChI=1S/C24H25N3O2/c1-2-20-17-26(15-14-23(28)27(20)16-18-8-4-3-5-9-18)24(29)22-13-12-19-10-6-7-11-21(19)25-22/h3-13,20H,2,14-17H2,1H3/t20-/m1/s1. The molecule has 4 rings (SSSR count). The molecule has 1 fully saturated rings. The third-order valence-electron chi connectivity index (χ3n) is 5.56. The van der Waals surface area contributed by atoms with E-state index in [1.165, 1.54) is 0 Å². The molecule has 2 amide bonds. The first-order valence-corrected chi connectivity index (χ1v) is 10.1. The fourth-order valence-corrected chi connectivity index (χ4v) is 3.90. The summed E-state index contributed by atoms with van der Waals surface area (Å²) in [5.41, 5.74) is 2.35. The van der Waals surface area contributed by atoms with Crippen LogP contribution in [0.5, 0.6) is 0 Å². The summed E-state index contributed by atoms with van der Waals surface area (Å²) in [4.78, 5) is 34.3. The van der Waals surface area contributed by atoms with Crippen LogP contribution in [-0.4, -0.2) is 45.7 Å². The molecule has 0 saturated carbocycles. The van der Waals surface area contributed by atoms with Crippen molar-refractivity contribution in [2.75, 3.05) is 13.1 Å². The van der Waals surface area contributed by atoms with Crippen molar-refractivity contribution in [1.29, 1.82) is 0 Å². The first-order valence-electron chi connectivity index (χ1n) is 10.1. The zero-order valence-electron chi connectivity index (χ0n) is 16.6. The Morgan fingerprint density at radius 3 is 2.59 bits per heavy atom. The van der Waals surface area contributed by atoms with Crippen molar-refractivity contribution in [3.05, 3.63) is 78.0 Å². The van der Waals surface area contributed by atoms with E-state index in [1.54, 1.807) is 11.0 Å². The van der Waals surface area contributed by atoms with Crippen LogP contribution >= 0.6 is 0 Å². The molecular formula is C24H25N3O2. The molecule has 1 aliphatic heterocycles. The van der Waals surface area contributed by atoms with Gasteiger partial charge in [0.15, 0.2) is 0 Å². The average molecular weight is 387 g/mol. The molecule has 5 heteroatoms. The highest BCUT2D eigenvalue weighted by Gasteiger charge is 2.31. The van der Waals surface area contributed by atoms with E-state index in [4.69, 9.17) is 0 Å². The lowest BCUT2D eigenvalue weighted by atomic mass is 10.1. The minimum absolute atomic E-state index is 0.00499. The largest absolute Gasteiger partial charge is 0.335 e. The predicted molar refractivity (Wildman–Crippen MR) is 113 cm³/mol. The van der Waals surface area contributed by atoms with Gasteiger partial charge in [-0.05, 0) is 24.1 Å². The van der Waals surface area contributed by atoms with Crippen molar-refractivity contribution in [2.24, 2.45) is 0 Å². The Balaban J connectivity index is 1.55. The quantitative estimate of drug-likeness (QED) is 0.682. The number of nitrogens with zero attached hydrogens (tertiary/aromatic N) is 3. The van der Waals surface area contributed by atoms with E-state index in [-0.39, 0.29) is 17.9 Å². The van der Waals surface area contributed by atoms with Crippen LogP contribution in [-0.2, 0) is 11.3 Å². The third-order valence-corrected chi connectivity index (χ3v) is 5.56. The molecule has 0 unspecified atom stereocenters. The van der Waals surface area contributed by atoms with Crippen LogP contribution in [0.1, 0.15) is 35.8 Å². The molecule has 0 bridgehead atoms. The number of amides is 2. The SMILES string of the molecule is CC[C@@H]1CN(C(=O)c2ccc3ccccc3n2)CCC(=O)N1Cc1ccccc1. The predicted octanol–water partition coefficient (Wildman–Crippen LogP) is 3.89. The van der Waals surface area contributed by atoms with E-state index in [2.05, 4.69) is 11.9 Å². The number of carbonyl (C=O) groups is 2. The van der Waals surface area contributed by atoms with Gasteiger partial charge in [0, 0.05) is 37.5 Å². The van der Waals surface area contributed by atoms with E-state index < -0.39 is 0 Å². The molecule has 2 heterocycles. The minimum atomic E-state index is -0.108. The van der Waals surface area contributed by atoms with Gasteiger partial charge >= 0.3 is 0 Å². The van der Waals surface area contributed by atoms with E-state index in [1.807, 2.05) is 65.6 Å². The van der Waals surface area contributed by atoms with Gasteiger partial charge in [0.25, 0.3) is 5.91 Å². The molecule has 1 aliphatic rings. The van der Waals surface area contributed by atoms with E-state index in [0.717, 1.165) is 22.9 Å². The summed E-state index contributed by atoms with van der Waals surface area (Å²) >= 11 is 0. The summed E-state index contributed by atoms with van der Waals surface area (Å²) in [6.07, 6.45) is 1.14. The smallest absolute Gasteiger partial charge is 0.272 e. The Kier molecular flexibility index (Phi) is 5.56. The van der Waals surface area contributed by atoms with E-state index in [0.29, 0.717) is 31.7 Å². The van der Waals surface area contributed by atoms with Crippen LogP contribution in [0, 0.1) is 0 Å². The number of hydrogen-bond acceptors (Lipinski definition) is 3. The maximum absolute atomic E-state index is 13.2. The van der Waals surface area contributed by atoms with Crippen molar-refractivity contribution >= 4 is 22.7 Å². The van der Waals surface area contributed by atoms with Crippen LogP contribution in [0.4, 0.5) is 0 Å². The van der Waals surface area contributed by atoms with Crippen LogP contribution in [0.3, 0.4) is 0 Å². The van der Waals surface area contributed by atoms with Crippen molar-refractivity contribution in [3.63, 3.8) is 0 Å². The Hall–Kier alpha value is -3.21. The number of aromatic nitrogens is 1. The van der Waals surface area contributed by atoms with Crippen molar-refractivity contribution < 1.29 is 9.59 Å². The Morgan fingerprint density at radius 1 is 1.03 bits per heavy atom. The van der Waals surface area contributed by atoms with Gasteiger partial charge < -0.3 is 9.80 Å². The lowest BCUT2D eigenvalue weighted by Crippen LogP contribution is -2.43. The van der Waals surface area contributed by atoms with Gasteiger partial charge in [-0.25, -0.2) is 4.98 Å². The first kappa shape index (κ1) is 19.1. The zero-order valence-corrected chi connectivity index (χ0v) is 16.6. The molecule has 1 saturated heterocycles. The molecular weight excluding hydrogens is 362 g/mol. The van der Waals surface area contributed by atoms with Crippen molar-refractivity contribution in [3.8, 4) is 0 Å². The molecule has 3 aromatic rings. The topological polar surface area (TPSA) is 53.5 Å². The molecule has 0 radical (unpaired) electrons. The number of rotatable bonds is 4. The zero-order chi connectivity index (χ0) is 20.2. The molecule has 2 aromatic carbocycles. The molecule has 1 aromatic heterocycles. The molecule has 0 spiro atoms. The van der Waals surface area contributed by atoms with Crippen molar-refractivity contribution in [1.82, 2.24) is 14.8 Å².